The zero-order chi connectivity index (χ0) is 21.4. The van der Waals surface area contributed by atoms with Crippen LogP contribution in [0.2, 0.25) is 0 Å². The minimum Gasteiger partial charge on any atom is -0.456 e. The highest BCUT2D eigenvalue weighted by Gasteiger charge is 2.22. The van der Waals surface area contributed by atoms with Crippen LogP contribution in [-0.4, -0.2) is 44.3 Å². The molecule has 0 spiro atoms. The minimum absolute atomic E-state index is 0.138. The maximum atomic E-state index is 12.4. The average molecular weight is 419 g/mol. The molecule has 0 radical (unpaired) electrons. The molecule has 0 saturated carbocycles. The molecule has 8 heteroatoms. The Labute approximate surface area is 171 Å². The summed E-state index contributed by atoms with van der Waals surface area (Å²) >= 11 is 0. The summed E-state index contributed by atoms with van der Waals surface area (Å²) in [7, 11) is -2.07. The van der Waals surface area contributed by atoms with E-state index >= 15 is 0 Å². The Bertz CT molecular complexity index is 925. The molecule has 0 bridgehead atoms. The molecule has 29 heavy (non-hydrogen) atoms. The summed E-state index contributed by atoms with van der Waals surface area (Å²) in [5.41, 5.74) is 1.44. The molecule has 0 heterocycles. The number of rotatable bonds is 9. The van der Waals surface area contributed by atoms with Gasteiger partial charge in [-0.1, -0.05) is 30.3 Å². The molecule has 0 aromatic heterocycles. The van der Waals surface area contributed by atoms with Crippen molar-refractivity contribution in [2.24, 2.45) is 0 Å². The molecule has 7 nitrogen and oxygen atoms in total. The Kier molecular flexibility index (Phi) is 7.92. The molecular weight excluding hydrogens is 392 g/mol. The number of amides is 1. The van der Waals surface area contributed by atoms with Crippen LogP contribution in [0.3, 0.4) is 0 Å². The molecular formula is C21H26N2O5S. The van der Waals surface area contributed by atoms with Gasteiger partial charge in [-0.3, -0.25) is 9.59 Å². The molecule has 156 valence electrons. The van der Waals surface area contributed by atoms with E-state index in [1.165, 1.54) is 35.6 Å². The third-order valence-corrected chi connectivity index (χ3v) is 6.41. The van der Waals surface area contributed by atoms with Gasteiger partial charge in [0.15, 0.2) is 6.61 Å². The maximum absolute atomic E-state index is 12.4. The first-order valence-corrected chi connectivity index (χ1v) is 10.7. The summed E-state index contributed by atoms with van der Waals surface area (Å²) < 4.78 is 31.1. The van der Waals surface area contributed by atoms with Crippen LogP contribution in [0.15, 0.2) is 59.5 Å². The Morgan fingerprint density at radius 2 is 1.66 bits per heavy atom. The number of aryl methyl sites for hydroxylation is 1. The number of ether oxygens (including phenoxy) is 1. The van der Waals surface area contributed by atoms with Gasteiger partial charge in [-0.05, 0) is 50.1 Å². The second-order valence-electron chi connectivity index (χ2n) is 6.83. The van der Waals surface area contributed by atoms with Crippen LogP contribution in [0, 0.1) is 0 Å². The highest BCUT2D eigenvalue weighted by Crippen LogP contribution is 2.19. The van der Waals surface area contributed by atoms with Gasteiger partial charge in [-0.25, -0.2) is 8.42 Å². The summed E-state index contributed by atoms with van der Waals surface area (Å²) in [6, 6.07) is 15.2. The van der Waals surface area contributed by atoms with Crippen molar-refractivity contribution in [1.29, 1.82) is 0 Å². The van der Waals surface area contributed by atoms with E-state index in [2.05, 4.69) is 5.32 Å². The molecule has 0 unspecified atom stereocenters. The normalized spacial score (nSPS) is 11.5. The average Bonchev–Trinajstić information content (AvgIpc) is 2.71. The number of hydrogen-bond acceptors (Lipinski definition) is 5. The molecule has 2 aromatic rings. The third-order valence-electron chi connectivity index (χ3n) is 4.37. The van der Waals surface area contributed by atoms with Crippen molar-refractivity contribution in [3.63, 3.8) is 0 Å². The first-order chi connectivity index (χ1) is 13.7. The lowest BCUT2D eigenvalue weighted by atomic mass is 10.1. The lowest BCUT2D eigenvalue weighted by molar-refractivity contribution is -0.147. The Morgan fingerprint density at radius 1 is 1.03 bits per heavy atom. The molecule has 0 fully saturated rings. The van der Waals surface area contributed by atoms with E-state index in [1.807, 2.05) is 30.3 Å². The molecule has 2 aromatic carbocycles. The van der Waals surface area contributed by atoms with Crippen LogP contribution in [0.4, 0.5) is 5.69 Å². The molecule has 0 aliphatic carbocycles. The lowest BCUT2D eigenvalue weighted by Gasteiger charge is -2.21. The summed E-state index contributed by atoms with van der Waals surface area (Å²) in [6.45, 7) is 3.17. The summed E-state index contributed by atoms with van der Waals surface area (Å²) in [5.74, 6) is -0.949. The van der Waals surface area contributed by atoms with Gasteiger partial charge >= 0.3 is 5.97 Å². The number of nitrogens with one attached hydrogen (secondary N) is 1. The largest absolute Gasteiger partial charge is 0.456 e. The van der Waals surface area contributed by atoms with Crippen LogP contribution in [-0.2, 0) is 30.8 Å². The Morgan fingerprint density at radius 3 is 2.24 bits per heavy atom. The van der Waals surface area contributed by atoms with Gasteiger partial charge in [0.05, 0.1) is 4.90 Å². The molecule has 1 N–H and O–H groups in total. The first kappa shape index (κ1) is 22.6. The van der Waals surface area contributed by atoms with Crippen molar-refractivity contribution < 1.29 is 22.7 Å². The topological polar surface area (TPSA) is 92.8 Å². The van der Waals surface area contributed by atoms with E-state index in [0.717, 1.165) is 5.56 Å². The fourth-order valence-electron chi connectivity index (χ4n) is 2.46. The Balaban J connectivity index is 1.82. The summed E-state index contributed by atoms with van der Waals surface area (Å²) in [4.78, 5) is 23.9. The van der Waals surface area contributed by atoms with Crippen LogP contribution < -0.4 is 5.32 Å². The zero-order valence-corrected chi connectivity index (χ0v) is 17.6. The predicted octanol–water partition coefficient (Wildman–Crippen LogP) is 2.83. The fraction of sp³-hybridized carbons (Fsp3) is 0.333. The second-order valence-corrected chi connectivity index (χ2v) is 8.83. The van der Waals surface area contributed by atoms with E-state index in [9.17, 15) is 18.0 Å². The van der Waals surface area contributed by atoms with Crippen molar-refractivity contribution in [2.45, 2.75) is 37.6 Å². The first-order valence-electron chi connectivity index (χ1n) is 9.27. The van der Waals surface area contributed by atoms with Gasteiger partial charge < -0.3 is 10.1 Å². The van der Waals surface area contributed by atoms with E-state index in [4.69, 9.17) is 4.74 Å². The van der Waals surface area contributed by atoms with Crippen LogP contribution in [0.1, 0.15) is 25.8 Å². The number of carbonyl (C=O) groups excluding carboxylic acids is 2. The van der Waals surface area contributed by atoms with Gasteiger partial charge in [0.2, 0.25) is 10.0 Å². The summed E-state index contributed by atoms with van der Waals surface area (Å²) in [6.07, 6.45) is 0.731. The van der Waals surface area contributed by atoms with Gasteiger partial charge in [0, 0.05) is 25.2 Å². The van der Waals surface area contributed by atoms with Crippen molar-refractivity contribution in [2.75, 3.05) is 19.0 Å². The summed E-state index contributed by atoms with van der Waals surface area (Å²) in [5, 5.41) is 2.58. The van der Waals surface area contributed by atoms with E-state index in [0.29, 0.717) is 12.1 Å². The van der Waals surface area contributed by atoms with Crippen molar-refractivity contribution in [3.05, 3.63) is 60.2 Å². The fourth-order valence-corrected chi connectivity index (χ4v) is 3.83. The SMILES string of the molecule is CC(C)N(C)S(=O)(=O)c1ccc(NC(=O)COC(=O)CCc2ccccc2)cc1. The Hall–Kier alpha value is -2.71. The van der Waals surface area contributed by atoms with Crippen molar-refractivity contribution in [1.82, 2.24) is 4.31 Å². The highest BCUT2D eigenvalue weighted by molar-refractivity contribution is 7.89. The number of sulfonamides is 1. The predicted molar refractivity (Wildman–Crippen MR) is 111 cm³/mol. The maximum Gasteiger partial charge on any atom is 0.306 e. The zero-order valence-electron chi connectivity index (χ0n) is 16.8. The standard InChI is InChI=1S/C21H26N2O5S/c1-16(2)23(3)29(26,27)19-12-10-18(11-13-19)22-20(24)15-28-21(25)14-9-17-7-5-4-6-8-17/h4-8,10-13,16H,9,14-15H2,1-3H3,(H,22,24). The van der Waals surface area contributed by atoms with Gasteiger partial charge in [0.1, 0.15) is 0 Å². The molecule has 1 amide bonds. The van der Waals surface area contributed by atoms with Gasteiger partial charge in [-0.15, -0.1) is 0 Å². The number of carbonyl (C=O) groups is 2. The van der Waals surface area contributed by atoms with Crippen LogP contribution >= 0.6 is 0 Å². The van der Waals surface area contributed by atoms with Crippen LogP contribution in [0.25, 0.3) is 0 Å². The molecule has 0 aliphatic heterocycles. The van der Waals surface area contributed by atoms with E-state index in [1.54, 1.807) is 13.8 Å². The number of hydrogen-bond donors (Lipinski definition) is 1. The van der Waals surface area contributed by atoms with Crippen molar-refractivity contribution >= 4 is 27.6 Å². The van der Waals surface area contributed by atoms with Crippen LogP contribution in [0.5, 0.6) is 0 Å². The number of benzene rings is 2. The smallest absolute Gasteiger partial charge is 0.306 e. The molecule has 0 aliphatic rings. The van der Waals surface area contributed by atoms with E-state index < -0.39 is 28.5 Å². The van der Waals surface area contributed by atoms with Gasteiger partial charge in [0.25, 0.3) is 5.91 Å². The number of anilines is 1. The highest BCUT2D eigenvalue weighted by atomic mass is 32.2. The van der Waals surface area contributed by atoms with Crippen molar-refractivity contribution in [3.8, 4) is 0 Å². The second kappa shape index (κ2) is 10.2. The van der Waals surface area contributed by atoms with Gasteiger partial charge in [-0.2, -0.15) is 4.31 Å². The number of nitrogens with zero attached hydrogens (tertiary/aromatic N) is 1. The monoisotopic (exact) mass is 418 g/mol. The minimum atomic E-state index is -3.58. The number of esters is 1. The third kappa shape index (κ3) is 6.69. The molecule has 2 rings (SSSR count). The molecule has 0 saturated heterocycles. The van der Waals surface area contributed by atoms with E-state index in [-0.39, 0.29) is 17.4 Å². The quantitative estimate of drug-likeness (QED) is 0.632. The molecule has 0 atom stereocenters. The lowest BCUT2D eigenvalue weighted by Crippen LogP contribution is -2.33.